The van der Waals surface area contributed by atoms with Gasteiger partial charge in [-0.25, -0.2) is 0 Å². The summed E-state index contributed by atoms with van der Waals surface area (Å²) < 4.78 is 0. The van der Waals surface area contributed by atoms with Crippen molar-refractivity contribution in [3.05, 3.63) is 22.4 Å². The lowest BCUT2D eigenvalue weighted by Gasteiger charge is -2.16. The Bertz CT molecular complexity index is 268. The van der Waals surface area contributed by atoms with Crippen LogP contribution in [0.1, 0.15) is 31.7 Å². The first-order valence-corrected chi connectivity index (χ1v) is 7.28. The van der Waals surface area contributed by atoms with Crippen molar-refractivity contribution < 1.29 is 0 Å². The fourth-order valence-electron chi connectivity index (χ4n) is 2.39. The standard InChI is InChI=1S/C12H17BrS/c1-9-11(4-5-12(9)13)3-2-10-6-7-14-8-10/h6-9,11-12H,2-5H2,1H3. The topological polar surface area (TPSA) is 0 Å². The summed E-state index contributed by atoms with van der Waals surface area (Å²) in [5, 5.41) is 4.46. The van der Waals surface area contributed by atoms with Gasteiger partial charge in [0.05, 0.1) is 0 Å². The Hall–Kier alpha value is 0.180. The van der Waals surface area contributed by atoms with Crippen molar-refractivity contribution in [2.75, 3.05) is 0 Å². The van der Waals surface area contributed by atoms with Gasteiger partial charge in [-0.3, -0.25) is 0 Å². The number of aryl methyl sites for hydroxylation is 1. The van der Waals surface area contributed by atoms with Crippen LogP contribution in [0.3, 0.4) is 0 Å². The third-order valence-corrected chi connectivity index (χ3v) is 5.53. The normalized spacial score (nSPS) is 32.3. The van der Waals surface area contributed by atoms with Crippen LogP contribution < -0.4 is 0 Å². The predicted molar refractivity (Wildman–Crippen MR) is 67.2 cm³/mol. The Labute approximate surface area is 98.9 Å². The van der Waals surface area contributed by atoms with Crippen LogP contribution in [0.15, 0.2) is 16.8 Å². The first kappa shape index (κ1) is 10.7. The van der Waals surface area contributed by atoms with E-state index < -0.39 is 0 Å². The largest absolute Gasteiger partial charge is 0.152 e. The third kappa shape index (κ3) is 2.40. The summed E-state index contributed by atoms with van der Waals surface area (Å²) in [5.74, 6) is 1.81. The number of hydrogen-bond donors (Lipinski definition) is 0. The minimum Gasteiger partial charge on any atom is -0.152 e. The number of hydrogen-bond acceptors (Lipinski definition) is 1. The van der Waals surface area contributed by atoms with Gasteiger partial charge in [0.2, 0.25) is 0 Å². The molecule has 0 N–H and O–H groups in total. The molecule has 14 heavy (non-hydrogen) atoms. The van der Waals surface area contributed by atoms with Gasteiger partial charge in [0, 0.05) is 4.83 Å². The van der Waals surface area contributed by atoms with E-state index in [2.05, 4.69) is 39.7 Å². The smallest absolute Gasteiger partial charge is 0.0174 e. The molecule has 0 amide bonds. The molecule has 1 saturated carbocycles. The molecular formula is C12H17BrS. The summed E-state index contributed by atoms with van der Waals surface area (Å²) in [7, 11) is 0. The van der Waals surface area contributed by atoms with Crippen LogP contribution in [0.4, 0.5) is 0 Å². The van der Waals surface area contributed by atoms with Gasteiger partial charge in [0.15, 0.2) is 0 Å². The monoisotopic (exact) mass is 272 g/mol. The summed E-state index contributed by atoms with van der Waals surface area (Å²) in [6.45, 7) is 2.39. The summed E-state index contributed by atoms with van der Waals surface area (Å²) in [6.07, 6.45) is 5.44. The SMILES string of the molecule is CC1C(Br)CCC1CCc1ccsc1. The predicted octanol–water partition coefficient (Wildman–Crippen LogP) is 4.49. The Morgan fingerprint density at radius 1 is 1.50 bits per heavy atom. The van der Waals surface area contributed by atoms with Crippen molar-refractivity contribution in [1.29, 1.82) is 0 Å². The Kier molecular flexibility index (Phi) is 3.67. The lowest BCUT2D eigenvalue weighted by atomic mass is 9.92. The van der Waals surface area contributed by atoms with Crippen molar-refractivity contribution in [2.24, 2.45) is 11.8 Å². The average Bonchev–Trinajstić information content (AvgIpc) is 2.77. The fourth-order valence-corrected chi connectivity index (χ4v) is 3.79. The molecule has 78 valence electrons. The summed E-state index contributed by atoms with van der Waals surface area (Å²) in [5.41, 5.74) is 1.53. The van der Waals surface area contributed by atoms with E-state index in [1.54, 1.807) is 0 Å². The molecule has 0 aromatic carbocycles. The Balaban J connectivity index is 1.81. The molecule has 2 rings (SSSR count). The zero-order valence-corrected chi connectivity index (χ0v) is 11.0. The fraction of sp³-hybridized carbons (Fsp3) is 0.667. The minimum absolute atomic E-state index is 0.773. The van der Waals surface area contributed by atoms with Crippen LogP contribution in [-0.4, -0.2) is 4.83 Å². The second-order valence-electron chi connectivity index (χ2n) is 4.38. The van der Waals surface area contributed by atoms with E-state index >= 15 is 0 Å². The zero-order chi connectivity index (χ0) is 9.97. The van der Waals surface area contributed by atoms with Gasteiger partial charge in [-0.15, -0.1) is 0 Å². The maximum atomic E-state index is 3.76. The van der Waals surface area contributed by atoms with Crippen molar-refractivity contribution in [2.45, 2.75) is 37.4 Å². The van der Waals surface area contributed by atoms with Gasteiger partial charge < -0.3 is 0 Å². The van der Waals surface area contributed by atoms with E-state index in [0.717, 1.165) is 16.7 Å². The lowest BCUT2D eigenvalue weighted by molar-refractivity contribution is 0.398. The van der Waals surface area contributed by atoms with Gasteiger partial charge in [-0.05, 0) is 59.9 Å². The van der Waals surface area contributed by atoms with Gasteiger partial charge in [0.25, 0.3) is 0 Å². The lowest BCUT2D eigenvalue weighted by Crippen LogP contribution is -2.11. The second kappa shape index (κ2) is 4.80. The summed E-state index contributed by atoms with van der Waals surface area (Å²) in [6, 6.07) is 2.26. The van der Waals surface area contributed by atoms with E-state index in [9.17, 15) is 0 Å². The first-order chi connectivity index (χ1) is 6.77. The number of halogens is 1. The minimum atomic E-state index is 0.773. The molecule has 0 radical (unpaired) electrons. The average molecular weight is 273 g/mol. The van der Waals surface area contributed by atoms with Gasteiger partial charge in [-0.1, -0.05) is 22.9 Å². The molecule has 1 fully saturated rings. The van der Waals surface area contributed by atoms with Crippen LogP contribution in [0.5, 0.6) is 0 Å². The van der Waals surface area contributed by atoms with Crippen molar-refractivity contribution in [3.8, 4) is 0 Å². The van der Waals surface area contributed by atoms with Gasteiger partial charge >= 0.3 is 0 Å². The van der Waals surface area contributed by atoms with E-state index in [1.807, 2.05) is 11.3 Å². The maximum absolute atomic E-state index is 3.76. The van der Waals surface area contributed by atoms with Crippen molar-refractivity contribution in [1.82, 2.24) is 0 Å². The summed E-state index contributed by atoms with van der Waals surface area (Å²) in [4.78, 5) is 0.773. The van der Waals surface area contributed by atoms with Crippen molar-refractivity contribution in [3.63, 3.8) is 0 Å². The molecule has 1 aliphatic rings. The molecule has 1 aromatic heterocycles. The molecule has 0 nitrogen and oxygen atoms in total. The second-order valence-corrected chi connectivity index (χ2v) is 6.34. The maximum Gasteiger partial charge on any atom is 0.0174 e. The molecule has 1 aliphatic carbocycles. The highest BCUT2D eigenvalue weighted by atomic mass is 79.9. The molecule has 1 heterocycles. The van der Waals surface area contributed by atoms with E-state index in [1.165, 1.54) is 31.2 Å². The molecule has 0 saturated heterocycles. The third-order valence-electron chi connectivity index (χ3n) is 3.51. The quantitative estimate of drug-likeness (QED) is 0.712. The molecule has 0 bridgehead atoms. The van der Waals surface area contributed by atoms with E-state index in [0.29, 0.717) is 0 Å². The molecule has 2 heteroatoms. The van der Waals surface area contributed by atoms with Crippen LogP contribution >= 0.6 is 27.3 Å². The highest BCUT2D eigenvalue weighted by Crippen LogP contribution is 2.38. The number of thiophene rings is 1. The Morgan fingerprint density at radius 2 is 2.36 bits per heavy atom. The molecule has 0 aliphatic heterocycles. The van der Waals surface area contributed by atoms with Gasteiger partial charge in [-0.2, -0.15) is 11.3 Å². The molecular weight excluding hydrogens is 256 g/mol. The van der Waals surface area contributed by atoms with Gasteiger partial charge in [0.1, 0.15) is 0 Å². The zero-order valence-electron chi connectivity index (χ0n) is 8.58. The van der Waals surface area contributed by atoms with Crippen LogP contribution in [-0.2, 0) is 6.42 Å². The van der Waals surface area contributed by atoms with Crippen molar-refractivity contribution >= 4 is 27.3 Å². The molecule has 1 aromatic rings. The molecule has 3 atom stereocenters. The first-order valence-electron chi connectivity index (χ1n) is 5.42. The molecule has 0 spiro atoms. The van der Waals surface area contributed by atoms with E-state index in [4.69, 9.17) is 0 Å². The highest BCUT2D eigenvalue weighted by Gasteiger charge is 2.30. The van der Waals surface area contributed by atoms with Crippen LogP contribution in [0.25, 0.3) is 0 Å². The highest BCUT2D eigenvalue weighted by molar-refractivity contribution is 9.09. The number of rotatable bonds is 3. The van der Waals surface area contributed by atoms with Crippen LogP contribution in [0, 0.1) is 11.8 Å². The summed E-state index contributed by atoms with van der Waals surface area (Å²) >= 11 is 5.58. The Morgan fingerprint density at radius 3 is 2.93 bits per heavy atom. The van der Waals surface area contributed by atoms with Crippen LogP contribution in [0.2, 0.25) is 0 Å². The van der Waals surface area contributed by atoms with E-state index in [-0.39, 0.29) is 0 Å². The molecule has 3 unspecified atom stereocenters. The number of alkyl halides is 1.